The van der Waals surface area contributed by atoms with Crippen LogP contribution in [0.25, 0.3) is 0 Å². The Kier molecular flexibility index (Phi) is 7.30. The quantitative estimate of drug-likeness (QED) is 0.672. The van der Waals surface area contributed by atoms with Crippen molar-refractivity contribution in [3.63, 3.8) is 0 Å². The largest absolute Gasteiger partial charge is 0.335 e. The Labute approximate surface area is 128 Å². The number of sulfonamides is 1. The van der Waals surface area contributed by atoms with E-state index in [0.29, 0.717) is 13.1 Å². The second kappa shape index (κ2) is 8.47. The summed E-state index contributed by atoms with van der Waals surface area (Å²) in [5, 5.41) is 0.164. The highest BCUT2D eigenvalue weighted by Crippen LogP contribution is 2.13. The molecule has 0 fully saturated rings. The zero-order chi connectivity index (χ0) is 15.9. The summed E-state index contributed by atoms with van der Waals surface area (Å²) < 4.78 is 26.7. The van der Waals surface area contributed by atoms with E-state index in [2.05, 4.69) is 19.8 Å². The summed E-state index contributed by atoms with van der Waals surface area (Å²) in [4.78, 5) is 10.6. The molecule has 8 heteroatoms. The van der Waals surface area contributed by atoms with Gasteiger partial charge in [-0.25, -0.2) is 13.4 Å². The van der Waals surface area contributed by atoms with Gasteiger partial charge in [0.2, 0.25) is 0 Å². The van der Waals surface area contributed by atoms with Gasteiger partial charge < -0.3 is 14.8 Å². The molecule has 0 radical (unpaired) electrons. The SMILES string of the molecule is CN(C)CCCN(CCCN(C)C)S(=O)(=O)c1cnc[nH]1. The Morgan fingerprint density at radius 1 is 1.00 bits per heavy atom. The van der Waals surface area contributed by atoms with Crippen molar-refractivity contribution in [2.45, 2.75) is 17.9 Å². The molecule has 0 unspecified atom stereocenters. The fourth-order valence-corrected chi connectivity index (χ4v) is 3.41. The predicted molar refractivity (Wildman–Crippen MR) is 83.7 cm³/mol. The van der Waals surface area contributed by atoms with E-state index in [0.717, 1.165) is 25.9 Å². The van der Waals surface area contributed by atoms with Crippen molar-refractivity contribution in [1.29, 1.82) is 0 Å². The molecule has 122 valence electrons. The molecule has 0 aliphatic heterocycles. The highest BCUT2D eigenvalue weighted by atomic mass is 32.2. The number of nitrogens with one attached hydrogen (secondary N) is 1. The number of rotatable bonds is 10. The topological polar surface area (TPSA) is 72.5 Å². The van der Waals surface area contributed by atoms with Gasteiger partial charge >= 0.3 is 0 Å². The van der Waals surface area contributed by atoms with Gasteiger partial charge in [0.25, 0.3) is 10.0 Å². The molecule has 1 heterocycles. The molecule has 0 saturated heterocycles. The predicted octanol–water partition coefficient (Wildman–Crippen LogP) is 0.304. The lowest BCUT2D eigenvalue weighted by Crippen LogP contribution is -2.35. The number of nitrogens with zero attached hydrogens (tertiary/aromatic N) is 4. The Morgan fingerprint density at radius 3 is 1.90 bits per heavy atom. The fourth-order valence-electron chi connectivity index (χ4n) is 2.00. The van der Waals surface area contributed by atoms with Crippen molar-refractivity contribution in [2.75, 3.05) is 54.4 Å². The number of hydrogen-bond acceptors (Lipinski definition) is 5. The van der Waals surface area contributed by atoms with Gasteiger partial charge in [-0.15, -0.1) is 0 Å². The summed E-state index contributed by atoms with van der Waals surface area (Å²) in [7, 11) is 4.47. The third-order valence-electron chi connectivity index (χ3n) is 3.12. The van der Waals surface area contributed by atoms with Crippen LogP contribution in [-0.4, -0.2) is 86.9 Å². The lowest BCUT2D eigenvalue weighted by Gasteiger charge is -2.23. The molecular weight excluding hydrogens is 290 g/mol. The molecule has 0 aliphatic carbocycles. The van der Waals surface area contributed by atoms with E-state index < -0.39 is 10.0 Å². The van der Waals surface area contributed by atoms with E-state index in [9.17, 15) is 8.42 Å². The van der Waals surface area contributed by atoms with Gasteiger partial charge in [0.1, 0.15) is 0 Å². The standard InChI is InChI=1S/C13H27N5O2S/c1-16(2)7-5-9-18(10-6-8-17(3)4)21(19,20)13-11-14-12-15-13/h11-12H,5-10H2,1-4H3,(H,14,15). The minimum absolute atomic E-state index is 0.164. The lowest BCUT2D eigenvalue weighted by molar-refractivity contribution is 0.326. The molecule has 1 N–H and O–H groups in total. The van der Waals surface area contributed by atoms with E-state index >= 15 is 0 Å². The third kappa shape index (κ3) is 6.13. The van der Waals surface area contributed by atoms with Crippen LogP contribution in [0.1, 0.15) is 12.8 Å². The molecule has 0 saturated carbocycles. The van der Waals surface area contributed by atoms with Crippen molar-refractivity contribution in [3.05, 3.63) is 12.5 Å². The zero-order valence-electron chi connectivity index (χ0n) is 13.4. The van der Waals surface area contributed by atoms with Gasteiger partial charge in [-0.2, -0.15) is 4.31 Å². The maximum absolute atomic E-state index is 12.6. The summed E-state index contributed by atoms with van der Waals surface area (Å²) in [5.41, 5.74) is 0. The number of aromatic nitrogens is 2. The van der Waals surface area contributed by atoms with Crippen molar-refractivity contribution in [1.82, 2.24) is 24.1 Å². The van der Waals surface area contributed by atoms with Crippen LogP contribution >= 0.6 is 0 Å². The summed E-state index contributed by atoms with van der Waals surface area (Å²) in [6.45, 7) is 2.77. The molecule has 0 bridgehead atoms. The van der Waals surface area contributed by atoms with Crippen LogP contribution in [0.2, 0.25) is 0 Å². The van der Waals surface area contributed by atoms with Crippen molar-refractivity contribution in [3.8, 4) is 0 Å². The maximum atomic E-state index is 12.6. The molecule has 21 heavy (non-hydrogen) atoms. The Hall–Kier alpha value is -0.960. The van der Waals surface area contributed by atoms with Crippen LogP contribution in [0.4, 0.5) is 0 Å². The van der Waals surface area contributed by atoms with Crippen molar-refractivity contribution < 1.29 is 8.42 Å². The van der Waals surface area contributed by atoms with Gasteiger partial charge in [0.15, 0.2) is 5.03 Å². The van der Waals surface area contributed by atoms with Crippen LogP contribution in [-0.2, 0) is 10.0 Å². The van der Waals surface area contributed by atoms with Crippen LogP contribution in [0.15, 0.2) is 17.6 Å². The van der Waals surface area contributed by atoms with Crippen LogP contribution in [0, 0.1) is 0 Å². The van der Waals surface area contributed by atoms with Gasteiger partial charge in [-0.05, 0) is 54.1 Å². The fraction of sp³-hybridized carbons (Fsp3) is 0.769. The molecular formula is C13H27N5O2S. The van der Waals surface area contributed by atoms with Crippen molar-refractivity contribution in [2.24, 2.45) is 0 Å². The smallest absolute Gasteiger partial charge is 0.260 e. The van der Waals surface area contributed by atoms with Crippen LogP contribution in [0.5, 0.6) is 0 Å². The molecule has 1 rings (SSSR count). The summed E-state index contributed by atoms with van der Waals surface area (Å²) in [6, 6.07) is 0. The van der Waals surface area contributed by atoms with E-state index in [1.54, 1.807) is 4.31 Å². The number of imidazole rings is 1. The summed E-state index contributed by atoms with van der Waals surface area (Å²) in [6.07, 6.45) is 4.37. The van der Waals surface area contributed by atoms with Gasteiger partial charge in [0.05, 0.1) is 12.5 Å². The summed E-state index contributed by atoms with van der Waals surface area (Å²) in [5.74, 6) is 0. The molecule has 7 nitrogen and oxygen atoms in total. The first kappa shape index (κ1) is 18.1. The summed E-state index contributed by atoms with van der Waals surface area (Å²) >= 11 is 0. The highest BCUT2D eigenvalue weighted by Gasteiger charge is 2.25. The van der Waals surface area contributed by atoms with Crippen LogP contribution < -0.4 is 0 Å². The van der Waals surface area contributed by atoms with Gasteiger partial charge in [-0.3, -0.25) is 0 Å². The molecule has 0 amide bonds. The van der Waals surface area contributed by atoms with E-state index in [-0.39, 0.29) is 5.03 Å². The monoisotopic (exact) mass is 317 g/mol. The zero-order valence-corrected chi connectivity index (χ0v) is 14.2. The molecule has 0 atom stereocenters. The first-order chi connectivity index (χ1) is 9.84. The highest BCUT2D eigenvalue weighted by molar-refractivity contribution is 7.89. The van der Waals surface area contributed by atoms with Crippen molar-refractivity contribution >= 4 is 10.0 Å². The maximum Gasteiger partial charge on any atom is 0.260 e. The first-order valence-electron chi connectivity index (χ1n) is 7.12. The molecule has 1 aromatic rings. The molecule has 0 aromatic carbocycles. The third-order valence-corrected chi connectivity index (χ3v) is 4.94. The average Bonchev–Trinajstić information content (AvgIpc) is 2.90. The molecule has 0 spiro atoms. The second-order valence-corrected chi connectivity index (χ2v) is 7.54. The average molecular weight is 317 g/mol. The Balaban J connectivity index is 2.70. The van der Waals surface area contributed by atoms with Gasteiger partial charge in [-0.1, -0.05) is 0 Å². The number of aromatic amines is 1. The molecule has 1 aromatic heterocycles. The van der Waals surface area contributed by atoms with E-state index in [1.165, 1.54) is 12.5 Å². The Morgan fingerprint density at radius 2 is 1.52 bits per heavy atom. The first-order valence-corrected chi connectivity index (χ1v) is 8.56. The van der Waals surface area contributed by atoms with E-state index in [4.69, 9.17) is 0 Å². The normalized spacial score (nSPS) is 12.7. The van der Waals surface area contributed by atoms with Crippen LogP contribution in [0.3, 0.4) is 0 Å². The minimum Gasteiger partial charge on any atom is -0.335 e. The molecule has 0 aliphatic rings. The second-order valence-electron chi connectivity index (χ2n) is 5.63. The van der Waals surface area contributed by atoms with Gasteiger partial charge in [0, 0.05) is 13.1 Å². The van der Waals surface area contributed by atoms with E-state index in [1.807, 2.05) is 28.2 Å². The lowest BCUT2D eigenvalue weighted by atomic mass is 10.3. The Bertz CT molecular complexity index is 471. The minimum atomic E-state index is -3.48. The number of hydrogen-bond donors (Lipinski definition) is 1. The number of H-pyrrole nitrogens is 1.